The molecule has 4 saturated heterocycles. The molecule has 464 valence electrons. The molecule has 2 unspecified atom stereocenters. The molecule has 0 bridgehead atoms. The second-order valence-corrected chi connectivity index (χ2v) is 23.7. The van der Waals surface area contributed by atoms with Crippen molar-refractivity contribution >= 4 is 61.0 Å². The molecule has 23 nitrogen and oxygen atoms in total. The van der Waals surface area contributed by atoms with Crippen LogP contribution in [0.5, 0.6) is 0 Å². The highest BCUT2D eigenvalue weighted by atomic mass is 32.2. The van der Waals surface area contributed by atoms with Gasteiger partial charge >= 0.3 is 0 Å². The maximum atomic E-state index is 13.1. The van der Waals surface area contributed by atoms with E-state index in [4.69, 9.17) is 18.9 Å². The lowest BCUT2D eigenvalue weighted by molar-refractivity contribution is -0.247. The molecule has 4 aliphatic rings. The molecule has 0 radical (unpaired) electrons. The van der Waals surface area contributed by atoms with Crippen molar-refractivity contribution in [3.63, 3.8) is 0 Å². The standard InChI is InChI=1S/C32H39N5O6.C31H39N5O7S/c1-3-27-29(38)30(39)28(32(41)43-27)35-31(40)23(19-33)18-25-8-9-26(36(25)2)22-5-4-21-17-24(7-6-20(21)16-22)34-10-11-37-12-14-42-15-13-37;1-3-27-29(37)30(38)28(31(39)43-27)34-44(40,41)25(19-32)18-24-8-9-26(35(24)2)22-5-4-21-17-23(7-6-20(21)16-22)33-10-11-36-12-14-42-15-13-36/h4-9,16-18,27-30,32,34,38-39,41H,3,10-15H2,1-2H3,(H,35,40);4-9,16-18,27-31,33-34,37-39H,3,10-15H2,1-2H3/b23-18+;25-18+/t27-,28-,29-,30-,32?;27-,28-,29-,30-,31?/m11/s1. The zero-order chi connectivity index (χ0) is 61.9. The van der Waals surface area contributed by atoms with Crippen LogP contribution in [0.2, 0.25) is 0 Å². The van der Waals surface area contributed by atoms with Crippen LogP contribution in [0.1, 0.15) is 38.1 Å². The van der Waals surface area contributed by atoms with Gasteiger partial charge in [0.15, 0.2) is 17.5 Å². The van der Waals surface area contributed by atoms with Gasteiger partial charge in [0.05, 0.1) is 38.6 Å². The van der Waals surface area contributed by atoms with E-state index in [0.29, 0.717) is 24.2 Å². The minimum Gasteiger partial charge on any atom is -0.388 e. The smallest absolute Gasteiger partial charge is 0.262 e. The van der Waals surface area contributed by atoms with Crippen LogP contribution in [-0.2, 0) is 47.9 Å². The van der Waals surface area contributed by atoms with Gasteiger partial charge in [-0.25, -0.2) is 8.42 Å². The molecule has 0 spiro atoms. The predicted molar refractivity (Wildman–Crippen MR) is 330 cm³/mol. The normalized spacial score (nSPS) is 25.1. The molecule has 4 fully saturated rings. The number of morpholine rings is 2. The van der Waals surface area contributed by atoms with E-state index in [1.807, 2.05) is 60.1 Å². The van der Waals surface area contributed by atoms with E-state index >= 15 is 0 Å². The molecule has 10 rings (SSSR count). The third kappa shape index (κ3) is 15.4. The van der Waals surface area contributed by atoms with E-state index in [1.54, 1.807) is 37.6 Å². The molecule has 10 atom stereocenters. The largest absolute Gasteiger partial charge is 0.388 e. The number of rotatable bonds is 19. The number of hydrogen-bond donors (Lipinski definition) is 10. The monoisotopic (exact) mass is 1210 g/mol. The highest BCUT2D eigenvalue weighted by Crippen LogP contribution is 2.32. The number of carbonyl (C=O) groups excluding carboxylic acids is 1. The van der Waals surface area contributed by atoms with E-state index in [1.165, 1.54) is 12.2 Å². The van der Waals surface area contributed by atoms with Gasteiger partial charge in [-0.1, -0.05) is 50.2 Å². The van der Waals surface area contributed by atoms with Crippen molar-refractivity contribution in [3.8, 4) is 34.7 Å². The zero-order valence-electron chi connectivity index (χ0n) is 49.2. The van der Waals surface area contributed by atoms with Gasteiger partial charge in [-0.2, -0.15) is 15.2 Å². The summed E-state index contributed by atoms with van der Waals surface area (Å²) < 4.78 is 53.4. The second-order valence-electron chi connectivity index (χ2n) is 22.1. The minimum atomic E-state index is -4.49. The van der Waals surface area contributed by atoms with Gasteiger partial charge in [0.1, 0.15) is 54.2 Å². The van der Waals surface area contributed by atoms with E-state index in [9.17, 15) is 54.4 Å². The number of fused-ring (bicyclic) bond motifs is 2. The Kier molecular flexibility index (Phi) is 21.7. The van der Waals surface area contributed by atoms with Gasteiger partial charge < -0.3 is 74.7 Å². The summed E-state index contributed by atoms with van der Waals surface area (Å²) in [6.45, 7) is 14.1. The molecule has 0 saturated carbocycles. The Bertz CT molecular complexity index is 3620. The number of ether oxygens (including phenoxy) is 4. The van der Waals surface area contributed by atoms with Crippen molar-refractivity contribution in [3.05, 3.63) is 119 Å². The SMILES string of the molecule is CC[C@H]1OC(O)[C@H](NC(=O)/C(C#N)=C/c2ccc(-c3ccc4cc(NCCN5CCOCC5)ccc4c3)n2C)[C@@H](O)[C@@H]1O.CC[C@H]1OC(O)[C@H](NS(=O)(=O)/C(C#N)=C/c2ccc(-c3ccc4cc(NCCN5CCOCC5)ccc4c3)n2C)[C@@H](O)[C@@H]1O. The number of aromatic nitrogens is 2. The number of hydrogen-bond acceptors (Lipinski definition) is 19. The van der Waals surface area contributed by atoms with Crippen LogP contribution in [0, 0.1) is 22.7 Å². The van der Waals surface area contributed by atoms with Crippen LogP contribution >= 0.6 is 0 Å². The molecule has 4 aromatic carbocycles. The van der Waals surface area contributed by atoms with Crippen LogP contribution in [0.4, 0.5) is 11.4 Å². The molecule has 1 amide bonds. The second kappa shape index (κ2) is 29.3. The lowest BCUT2D eigenvalue weighted by Crippen LogP contribution is -2.63. The Morgan fingerprint density at radius 1 is 0.586 bits per heavy atom. The first-order valence-electron chi connectivity index (χ1n) is 29.3. The Labute approximate surface area is 506 Å². The number of nitrogens with zero attached hydrogens (tertiary/aromatic N) is 6. The molecule has 6 heterocycles. The van der Waals surface area contributed by atoms with E-state index in [2.05, 4.69) is 79.0 Å². The highest BCUT2D eigenvalue weighted by molar-refractivity contribution is 7.93. The van der Waals surface area contributed by atoms with Gasteiger partial charge in [0.25, 0.3) is 15.9 Å². The number of sulfonamides is 1. The first kappa shape index (κ1) is 64.4. The number of carbonyl (C=O) groups is 1. The van der Waals surface area contributed by atoms with Crippen LogP contribution < -0.4 is 20.7 Å². The van der Waals surface area contributed by atoms with Crippen LogP contribution in [0.15, 0.2) is 108 Å². The lowest BCUT2D eigenvalue weighted by atomic mass is 9.95. The lowest BCUT2D eigenvalue weighted by Gasteiger charge is -2.40. The van der Waals surface area contributed by atoms with E-state index < -0.39 is 82.1 Å². The van der Waals surface area contributed by atoms with Crippen molar-refractivity contribution in [1.29, 1.82) is 10.5 Å². The van der Waals surface area contributed by atoms with Crippen molar-refractivity contribution in [1.82, 2.24) is 29.0 Å². The number of aliphatic hydroxyl groups is 6. The molecule has 10 N–H and O–H groups in total. The number of benzene rings is 4. The molecular formula is C63H78N10O13S. The molecular weight excluding hydrogens is 1140 g/mol. The fourth-order valence-electron chi connectivity index (χ4n) is 11.2. The number of nitriles is 2. The number of allylic oxidation sites excluding steroid dienone is 1. The predicted octanol–water partition coefficient (Wildman–Crippen LogP) is 3.42. The quantitative estimate of drug-likeness (QED) is 0.0410. The summed E-state index contributed by atoms with van der Waals surface area (Å²) >= 11 is 0. The minimum absolute atomic E-state index is 0.216. The van der Waals surface area contributed by atoms with Crippen LogP contribution in [0.25, 0.3) is 56.2 Å². The summed E-state index contributed by atoms with van der Waals surface area (Å²) in [5.41, 5.74) is 6.58. The summed E-state index contributed by atoms with van der Waals surface area (Å²) in [6, 6.07) is 32.9. The van der Waals surface area contributed by atoms with Crippen molar-refractivity contribution in [2.75, 3.05) is 89.4 Å². The van der Waals surface area contributed by atoms with Crippen molar-refractivity contribution in [2.45, 2.75) is 88.0 Å². The maximum Gasteiger partial charge on any atom is 0.262 e. The fraction of sp³-hybridized carbons (Fsp3) is 0.444. The highest BCUT2D eigenvalue weighted by Gasteiger charge is 2.46. The van der Waals surface area contributed by atoms with E-state index in [-0.39, 0.29) is 5.57 Å². The summed E-state index contributed by atoms with van der Waals surface area (Å²) in [7, 11) is -0.871. The van der Waals surface area contributed by atoms with Crippen LogP contribution in [-0.4, -0.2) is 204 Å². The van der Waals surface area contributed by atoms with Crippen molar-refractivity contribution in [2.24, 2.45) is 14.1 Å². The summed E-state index contributed by atoms with van der Waals surface area (Å²) in [5.74, 6) is -0.792. The average molecular weight is 1220 g/mol. The van der Waals surface area contributed by atoms with Gasteiger partial charge in [0.2, 0.25) is 0 Å². The molecule has 6 aromatic rings. The number of amides is 1. The third-order valence-corrected chi connectivity index (χ3v) is 17.9. The topological polar surface area (TPSA) is 322 Å². The van der Waals surface area contributed by atoms with Crippen LogP contribution in [0.3, 0.4) is 0 Å². The Morgan fingerprint density at radius 2 is 1.02 bits per heavy atom. The average Bonchev–Trinajstić information content (AvgIpc) is 2.95. The van der Waals surface area contributed by atoms with Gasteiger partial charge in [-0.15, -0.1) is 0 Å². The molecule has 0 aliphatic carbocycles. The summed E-state index contributed by atoms with van der Waals surface area (Å²) in [6.07, 6.45) is -7.27. The van der Waals surface area contributed by atoms with Gasteiger partial charge in [0, 0.05) is 101 Å². The Hall–Kier alpha value is -7.08. The first-order valence-corrected chi connectivity index (χ1v) is 30.8. The van der Waals surface area contributed by atoms with E-state index in [0.717, 1.165) is 134 Å². The van der Waals surface area contributed by atoms with Gasteiger partial charge in [-0.3, -0.25) is 14.6 Å². The molecule has 24 heteroatoms. The molecule has 87 heavy (non-hydrogen) atoms. The fourth-order valence-corrected chi connectivity index (χ4v) is 12.4. The number of anilines is 2. The number of nitrogens with one attached hydrogen (secondary N) is 4. The number of aliphatic hydroxyl groups excluding tert-OH is 6. The summed E-state index contributed by atoms with van der Waals surface area (Å²) in [5, 5.41) is 95.1. The maximum absolute atomic E-state index is 13.1. The van der Waals surface area contributed by atoms with Gasteiger partial charge in [-0.05, 0) is 118 Å². The molecule has 2 aromatic heterocycles. The molecule has 4 aliphatic heterocycles. The first-order chi connectivity index (χ1) is 41.9. The Morgan fingerprint density at radius 3 is 1.48 bits per heavy atom. The zero-order valence-corrected chi connectivity index (χ0v) is 50.0. The van der Waals surface area contributed by atoms with Crippen molar-refractivity contribution < 1.29 is 62.8 Å². The summed E-state index contributed by atoms with van der Waals surface area (Å²) in [4.78, 5) is 17.1. The third-order valence-electron chi connectivity index (χ3n) is 16.5. The Balaban J connectivity index is 0.000000208.